The normalized spacial score (nSPS) is 13.9. The zero-order chi connectivity index (χ0) is 19.1. The standard InChI is InChI=1S/C19H22N6O2/c1-27-12-7-22-19(26)16-4-5-17(23-14-16)24-8-10-25(11-9-24)18-15(13-20)3-2-6-21-18/h2-6,14H,7-12H2,1H3,(H,22,26). The fraction of sp³-hybridized carbons (Fsp3) is 0.368. The van der Waals surface area contributed by atoms with Crippen LogP contribution >= 0.6 is 0 Å². The Morgan fingerprint density at radius 1 is 1.22 bits per heavy atom. The van der Waals surface area contributed by atoms with Gasteiger partial charge in [-0.2, -0.15) is 5.26 Å². The lowest BCUT2D eigenvalue weighted by atomic mass is 10.2. The van der Waals surface area contributed by atoms with E-state index in [1.807, 2.05) is 6.07 Å². The highest BCUT2D eigenvalue weighted by Crippen LogP contribution is 2.20. The van der Waals surface area contributed by atoms with Crippen LogP contribution in [0.2, 0.25) is 0 Å². The summed E-state index contributed by atoms with van der Waals surface area (Å²) in [5, 5.41) is 12.0. The number of carbonyl (C=O) groups excluding carboxylic acids is 1. The van der Waals surface area contributed by atoms with Crippen LogP contribution in [-0.4, -0.2) is 62.3 Å². The van der Waals surface area contributed by atoms with Gasteiger partial charge in [0.15, 0.2) is 0 Å². The molecule has 8 nitrogen and oxygen atoms in total. The fourth-order valence-corrected chi connectivity index (χ4v) is 2.96. The number of carbonyl (C=O) groups is 1. The van der Waals surface area contributed by atoms with Gasteiger partial charge in [0.05, 0.1) is 17.7 Å². The Morgan fingerprint density at radius 3 is 2.67 bits per heavy atom. The molecule has 0 atom stereocenters. The molecule has 1 aliphatic rings. The van der Waals surface area contributed by atoms with Crippen LogP contribution in [0.15, 0.2) is 36.7 Å². The van der Waals surface area contributed by atoms with E-state index in [0.29, 0.717) is 24.3 Å². The maximum Gasteiger partial charge on any atom is 0.252 e. The Labute approximate surface area is 158 Å². The molecule has 0 bridgehead atoms. The molecule has 0 saturated carbocycles. The van der Waals surface area contributed by atoms with Crippen LogP contribution in [0.3, 0.4) is 0 Å². The molecule has 27 heavy (non-hydrogen) atoms. The number of rotatable bonds is 6. The summed E-state index contributed by atoms with van der Waals surface area (Å²) >= 11 is 0. The molecule has 3 heterocycles. The van der Waals surface area contributed by atoms with Gasteiger partial charge in [-0.1, -0.05) is 0 Å². The summed E-state index contributed by atoms with van der Waals surface area (Å²) in [7, 11) is 1.59. The smallest absolute Gasteiger partial charge is 0.252 e. The minimum atomic E-state index is -0.157. The average Bonchev–Trinajstić information content (AvgIpc) is 2.74. The van der Waals surface area contributed by atoms with Crippen LogP contribution < -0.4 is 15.1 Å². The number of ether oxygens (including phenoxy) is 1. The number of aromatic nitrogens is 2. The zero-order valence-corrected chi connectivity index (χ0v) is 15.3. The largest absolute Gasteiger partial charge is 0.383 e. The molecule has 0 aliphatic carbocycles. The second kappa shape index (κ2) is 8.96. The molecular weight excluding hydrogens is 344 g/mol. The van der Waals surface area contributed by atoms with Crippen LogP contribution in [0.5, 0.6) is 0 Å². The third-order valence-corrected chi connectivity index (χ3v) is 4.41. The Bertz CT molecular complexity index is 810. The third-order valence-electron chi connectivity index (χ3n) is 4.41. The van der Waals surface area contributed by atoms with Crippen molar-refractivity contribution >= 4 is 17.5 Å². The quantitative estimate of drug-likeness (QED) is 0.764. The van der Waals surface area contributed by atoms with Gasteiger partial charge in [0.25, 0.3) is 5.91 Å². The topological polar surface area (TPSA) is 94.4 Å². The molecule has 8 heteroatoms. The van der Waals surface area contributed by atoms with E-state index in [2.05, 4.69) is 31.2 Å². The van der Waals surface area contributed by atoms with Gasteiger partial charge in [-0.3, -0.25) is 4.79 Å². The fourth-order valence-electron chi connectivity index (χ4n) is 2.96. The van der Waals surface area contributed by atoms with E-state index in [4.69, 9.17) is 4.74 Å². The summed E-state index contributed by atoms with van der Waals surface area (Å²) in [4.78, 5) is 25.1. The van der Waals surface area contributed by atoms with E-state index in [0.717, 1.165) is 37.8 Å². The molecule has 0 spiro atoms. The molecule has 1 fully saturated rings. The van der Waals surface area contributed by atoms with Crippen molar-refractivity contribution in [1.82, 2.24) is 15.3 Å². The monoisotopic (exact) mass is 366 g/mol. The number of piperazine rings is 1. The van der Waals surface area contributed by atoms with Crippen molar-refractivity contribution in [3.63, 3.8) is 0 Å². The maximum atomic E-state index is 12.0. The van der Waals surface area contributed by atoms with Gasteiger partial charge in [-0.25, -0.2) is 9.97 Å². The first-order chi connectivity index (χ1) is 13.2. The molecule has 3 rings (SSSR count). The number of hydrogen-bond acceptors (Lipinski definition) is 7. The number of pyridine rings is 2. The van der Waals surface area contributed by atoms with Crippen molar-refractivity contribution in [2.45, 2.75) is 0 Å². The molecule has 2 aromatic rings. The highest BCUT2D eigenvalue weighted by molar-refractivity contribution is 5.94. The summed E-state index contributed by atoms with van der Waals surface area (Å²) in [5.74, 6) is 1.41. The molecule has 1 amide bonds. The van der Waals surface area contributed by atoms with Gasteiger partial charge in [0.1, 0.15) is 17.7 Å². The van der Waals surface area contributed by atoms with Crippen molar-refractivity contribution in [3.8, 4) is 6.07 Å². The first-order valence-corrected chi connectivity index (χ1v) is 8.81. The Morgan fingerprint density at radius 2 is 2.00 bits per heavy atom. The highest BCUT2D eigenvalue weighted by Gasteiger charge is 2.21. The molecule has 0 aromatic carbocycles. The highest BCUT2D eigenvalue weighted by atomic mass is 16.5. The lowest BCUT2D eigenvalue weighted by Crippen LogP contribution is -2.47. The van der Waals surface area contributed by atoms with E-state index >= 15 is 0 Å². The van der Waals surface area contributed by atoms with Gasteiger partial charge in [-0.05, 0) is 24.3 Å². The van der Waals surface area contributed by atoms with Crippen LogP contribution in [0.25, 0.3) is 0 Å². The SMILES string of the molecule is COCCNC(=O)c1ccc(N2CCN(c3ncccc3C#N)CC2)nc1. The second-order valence-corrected chi connectivity index (χ2v) is 6.11. The Hall–Kier alpha value is -3.18. The van der Waals surface area contributed by atoms with Crippen LogP contribution in [-0.2, 0) is 4.74 Å². The molecule has 1 aliphatic heterocycles. The summed E-state index contributed by atoms with van der Waals surface area (Å²) in [6.07, 6.45) is 3.30. The van der Waals surface area contributed by atoms with E-state index < -0.39 is 0 Å². The Balaban J connectivity index is 1.58. The third kappa shape index (κ3) is 4.51. The lowest BCUT2D eigenvalue weighted by Gasteiger charge is -2.36. The first kappa shape index (κ1) is 18.6. The molecule has 140 valence electrons. The van der Waals surface area contributed by atoms with Crippen LogP contribution in [0.1, 0.15) is 15.9 Å². The number of amides is 1. The van der Waals surface area contributed by atoms with Crippen molar-refractivity contribution in [1.29, 1.82) is 5.26 Å². The van der Waals surface area contributed by atoms with Gasteiger partial charge >= 0.3 is 0 Å². The van der Waals surface area contributed by atoms with Crippen LogP contribution in [0, 0.1) is 11.3 Å². The molecule has 1 saturated heterocycles. The number of nitriles is 1. The molecular formula is C19H22N6O2. The van der Waals surface area contributed by atoms with Crippen molar-refractivity contribution < 1.29 is 9.53 Å². The zero-order valence-electron chi connectivity index (χ0n) is 15.3. The second-order valence-electron chi connectivity index (χ2n) is 6.11. The molecule has 0 unspecified atom stereocenters. The minimum Gasteiger partial charge on any atom is -0.383 e. The Kier molecular flexibility index (Phi) is 6.18. The molecule has 1 N–H and O–H groups in total. The number of anilines is 2. The van der Waals surface area contributed by atoms with Crippen molar-refractivity contribution in [3.05, 3.63) is 47.8 Å². The number of hydrogen-bond donors (Lipinski definition) is 1. The molecule has 0 radical (unpaired) electrons. The van der Waals surface area contributed by atoms with Crippen LogP contribution in [0.4, 0.5) is 11.6 Å². The maximum absolute atomic E-state index is 12.0. The van der Waals surface area contributed by atoms with Crippen molar-refractivity contribution in [2.75, 3.05) is 56.2 Å². The summed E-state index contributed by atoms with van der Waals surface area (Å²) in [5.41, 5.74) is 1.12. The van der Waals surface area contributed by atoms with E-state index in [1.54, 1.807) is 37.7 Å². The van der Waals surface area contributed by atoms with Gasteiger partial charge in [0.2, 0.25) is 0 Å². The van der Waals surface area contributed by atoms with E-state index in [9.17, 15) is 10.1 Å². The van der Waals surface area contributed by atoms with Gasteiger partial charge in [-0.15, -0.1) is 0 Å². The number of methoxy groups -OCH3 is 1. The summed E-state index contributed by atoms with van der Waals surface area (Å²) in [6, 6.07) is 9.40. The molecule has 2 aromatic heterocycles. The van der Waals surface area contributed by atoms with Crippen molar-refractivity contribution in [2.24, 2.45) is 0 Å². The van der Waals surface area contributed by atoms with E-state index in [-0.39, 0.29) is 5.91 Å². The average molecular weight is 366 g/mol. The van der Waals surface area contributed by atoms with E-state index in [1.165, 1.54) is 0 Å². The summed E-state index contributed by atoms with van der Waals surface area (Å²) < 4.78 is 4.92. The summed E-state index contributed by atoms with van der Waals surface area (Å²) in [6.45, 7) is 4.00. The van der Waals surface area contributed by atoms with Gasteiger partial charge in [0, 0.05) is 52.2 Å². The predicted octanol–water partition coefficient (Wildman–Crippen LogP) is 1.05. The number of nitrogens with zero attached hydrogens (tertiary/aromatic N) is 5. The number of nitrogens with one attached hydrogen (secondary N) is 1. The van der Waals surface area contributed by atoms with Gasteiger partial charge < -0.3 is 19.9 Å². The lowest BCUT2D eigenvalue weighted by molar-refractivity contribution is 0.0937. The predicted molar refractivity (Wildman–Crippen MR) is 102 cm³/mol. The first-order valence-electron chi connectivity index (χ1n) is 8.81. The minimum absolute atomic E-state index is 0.157.